The molecule has 3 atom stereocenters. The van der Waals surface area contributed by atoms with E-state index in [1.807, 2.05) is 53.1 Å². The predicted octanol–water partition coefficient (Wildman–Crippen LogP) is 5.83. The number of aromatic nitrogens is 2. The van der Waals surface area contributed by atoms with Crippen LogP contribution >= 0.6 is 0 Å². The third-order valence-corrected chi connectivity index (χ3v) is 9.28. The van der Waals surface area contributed by atoms with Gasteiger partial charge in [-0.25, -0.2) is 4.79 Å². The average molecular weight is 605 g/mol. The summed E-state index contributed by atoms with van der Waals surface area (Å²) >= 11 is 0. The van der Waals surface area contributed by atoms with E-state index in [2.05, 4.69) is 58.4 Å². The predicted molar refractivity (Wildman–Crippen MR) is 175 cm³/mol. The average Bonchev–Trinajstić information content (AvgIpc) is 3.44. The molecule has 4 N–H and O–H groups in total. The Labute approximate surface area is 263 Å². The lowest BCUT2D eigenvalue weighted by Crippen LogP contribution is -2.43. The summed E-state index contributed by atoms with van der Waals surface area (Å²) in [6.07, 6.45) is 1.84. The fraction of sp³-hybridized carbons (Fsp3) is 0.324. The monoisotopic (exact) mass is 604 g/mol. The molecule has 2 aliphatic rings. The van der Waals surface area contributed by atoms with Crippen molar-refractivity contribution in [3.63, 3.8) is 0 Å². The number of para-hydroxylation sites is 2. The molecule has 2 fully saturated rings. The van der Waals surface area contributed by atoms with Gasteiger partial charge in [-0.05, 0) is 64.9 Å². The van der Waals surface area contributed by atoms with Crippen LogP contribution in [0.1, 0.15) is 60.0 Å². The quantitative estimate of drug-likeness (QED) is 0.206. The van der Waals surface area contributed by atoms with Gasteiger partial charge >= 0.3 is 5.69 Å². The number of nitrogens with two attached hydrogens (primary N) is 1. The van der Waals surface area contributed by atoms with Crippen molar-refractivity contribution >= 4 is 11.0 Å². The van der Waals surface area contributed by atoms with Crippen LogP contribution in [0.2, 0.25) is 0 Å². The number of nitrogens with one attached hydrogen (secondary N) is 1. The Bertz CT molecular complexity index is 1810. The molecule has 0 bridgehead atoms. The molecule has 0 radical (unpaired) electrons. The lowest BCUT2D eigenvalue weighted by molar-refractivity contribution is -0.253. The van der Waals surface area contributed by atoms with E-state index in [-0.39, 0.29) is 30.5 Å². The number of aliphatic hydroxyl groups excluding tert-OH is 1. The maximum absolute atomic E-state index is 12.8. The van der Waals surface area contributed by atoms with Crippen LogP contribution in [0.25, 0.3) is 22.2 Å². The van der Waals surface area contributed by atoms with Crippen LogP contribution in [0.3, 0.4) is 0 Å². The fourth-order valence-electron chi connectivity index (χ4n) is 6.86. The molecule has 8 nitrogen and oxygen atoms in total. The summed E-state index contributed by atoms with van der Waals surface area (Å²) in [7, 11) is 0. The molecule has 8 heteroatoms. The van der Waals surface area contributed by atoms with Gasteiger partial charge in [0.25, 0.3) is 0 Å². The fourth-order valence-corrected chi connectivity index (χ4v) is 6.86. The first kappa shape index (κ1) is 29.6. The van der Waals surface area contributed by atoms with Crippen LogP contribution in [0.5, 0.6) is 0 Å². The Kier molecular flexibility index (Phi) is 8.65. The zero-order valence-electron chi connectivity index (χ0n) is 25.3. The molecule has 0 spiro atoms. The van der Waals surface area contributed by atoms with Crippen LogP contribution in [-0.2, 0) is 22.6 Å². The van der Waals surface area contributed by atoms with Crippen molar-refractivity contribution in [1.29, 1.82) is 0 Å². The summed E-state index contributed by atoms with van der Waals surface area (Å²) in [5, 5.41) is 9.57. The number of benzene rings is 4. The molecular weight excluding hydrogens is 564 g/mol. The van der Waals surface area contributed by atoms with Gasteiger partial charge in [-0.2, -0.15) is 0 Å². The minimum Gasteiger partial charge on any atom is -0.392 e. The number of aliphatic hydroxyl groups is 1. The van der Waals surface area contributed by atoms with E-state index in [9.17, 15) is 9.90 Å². The highest BCUT2D eigenvalue weighted by Crippen LogP contribution is 2.39. The van der Waals surface area contributed by atoms with Crippen LogP contribution in [0.15, 0.2) is 102 Å². The molecule has 3 unspecified atom stereocenters. The first-order valence-electron chi connectivity index (χ1n) is 15.9. The summed E-state index contributed by atoms with van der Waals surface area (Å²) in [5.74, 6) is 0. The first-order chi connectivity index (χ1) is 22.1. The summed E-state index contributed by atoms with van der Waals surface area (Å²) in [6.45, 7) is 3.09. The van der Waals surface area contributed by atoms with Gasteiger partial charge in [0.2, 0.25) is 0 Å². The van der Waals surface area contributed by atoms with Crippen molar-refractivity contribution in [3.05, 3.63) is 130 Å². The Balaban J connectivity index is 1.09. The molecule has 1 aromatic heterocycles. The lowest BCUT2D eigenvalue weighted by atomic mass is 9.97. The standard InChI is InChI=1S/C37H40N4O4/c38-22-26-5-3-6-28(19-26)29-7-4-8-30(20-29)36-44-32(21-35(45-36)27-13-11-25(24-42)12-14-27)23-40-17-15-31(16-18-40)41-34-10-2-1-9-33(34)39-37(41)43/h1-14,19-20,31-32,35-36,42H,15-18,21-24,38H2,(H,39,43). The number of imidazole rings is 1. The second-order valence-corrected chi connectivity index (χ2v) is 12.2. The van der Waals surface area contributed by atoms with Gasteiger partial charge in [-0.1, -0.05) is 72.8 Å². The van der Waals surface area contributed by atoms with Crippen molar-refractivity contribution in [3.8, 4) is 11.1 Å². The van der Waals surface area contributed by atoms with E-state index in [0.717, 1.165) is 83.3 Å². The minimum absolute atomic E-state index is 0.0128. The highest BCUT2D eigenvalue weighted by molar-refractivity contribution is 5.75. The van der Waals surface area contributed by atoms with E-state index in [1.165, 1.54) is 0 Å². The minimum atomic E-state index is -0.522. The highest BCUT2D eigenvalue weighted by Gasteiger charge is 2.34. The third kappa shape index (κ3) is 6.38. The number of piperidine rings is 1. The van der Waals surface area contributed by atoms with Crippen molar-refractivity contribution in [1.82, 2.24) is 14.5 Å². The maximum Gasteiger partial charge on any atom is 0.326 e. The van der Waals surface area contributed by atoms with Crippen LogP contribution in [-0.4, -0.2) is 45.3 Å². The van der Waals surface area contributed by atoms with Crippen LogP contribution in [0.4, 0.5) is 0 Å². The van der Waals surface area contributed by atoms with Crippen molar-refractivity contribution < 1.29 is 14.6 Å². The molecule has 4 aromatic carbocycles. The van der Waals surface area contributed by atoms with Crippen LogP contribution < -0.4 is 11.4 Å². The van der Waals surface area contributed by atoms with Gasteiger partial charge in [-0.3, -0.25) is 4.57 Å². The summed E-state index contributed by atoms with van der Waals surface area (Å²) in [6, 6.07) is 32.8. The van der Waals surface area contributed by atoms with E-state index in [4.69, 9.17) is 15.2 Å². The lowest BCUT2D eigenvalue weighted by Gasteiger charge is -2.40. The zero-order valence-corrected chi connectivity index (χ0v) is 25.3. The number of ether oxygens (including phenoxy) is 2. The van der Waals surface area contributed by atoms with Crippen molar-refractivity contribution in [2.45, 2.75) is 57.0 Å². The molecule has 2 aliphatic heterocycles. The first-order valence-corrected chi connectivity index (χ1v) is 15.9. The summed E-state index contributed by atoms with van der Waals surface area (Å²) < 4.78 is 15.3. The van der Waals surface area contributed by atoms with Gasteiger partial charge in [-0.15, -0.1) is 0 Å². The molecule has 0 aliphatic carbocycles. The summed E-state index contributed by atoms with van der Waals surface area (Å²) in [4.78, 5) is 18.3. The van der Waals surface area contributed by atoms with Crippen LogP contribution in [0, 0.1) is 0 Å². The number of aromatic amines is 1. The second kappa shape index (κ2) is 13.1. The topological polar surface area (TPSA) is 106 Å². The van der Waals surface area contributed by atoms with Gasteiger partial charge in [0.15, 0.2) is 6.29 Å². The molecule has 45 heavy (non-hydrogen) atoms. The Morgan fingerprint density at radius 2 is 1.58 bits per heavy atom. The van der Waals surface area contributed by atoms with Gasteiger partial charge in [0.1, 0.15) is 0 Å². The number of likely N-dealkylation sites (tertiary alicyclic amines) is 1. The maximum atomic E-state index is 12.8. The highest BCUT2D eigenvalue weighted by atomic mass is 16.7. The number of hydrogen-bond acceptors (Lipinski definition) is 6. The van der Waals surface area contributed by atoms with E-state index >= 15 is 0 Å². The van der Waals surface area contributed by atoms with Crippen molar-refractivity contribution in [2.75, 3.05) is 19.6 Å². The van der Waals surface area contributed by atoms with E-state index in [1.54, 1.807) is 0 Å². The zero-order chi connectivity index (χ0) is 30.8. The molecule has 7 rings (SSSR count). The van der Waals surface area contributed by atoms with E-state index in [0.29, 0.717) is 6.54 Å². The number of hydrogen-bond donors (Lipinski definition) is 3. The normalized spacial score (nSPS) is 21.3. The number of nitrogens with zero attached hydrogens (tertiary/aromatic N) is 2. The smallest absolute Gasteiger partial charge is 0.326 e. The Morgan fingerprint density at radius 1 is 0.822 bits per heavy atom. The summed E-state index contributed by atoms with van der Waals surface area (Å²) in [5.41, 5.74) is 14.0. The molecular formula is C37H40N4O4. The largest absolute Gasteiger partial charge is 0.392 e. The SMILES string of the molecule is NCc1cccc(-c2cccc(C3OC(CN4CCC(n5c(=O)[nH]c6ccccc65)CC4)CC(c4ccc(CO)cc4)O3)c2)c1. The van der Waals surface area contributed by atoms with Gasteiger partial charge in [0.05, 0.1) is 29.8 Å². The van der Waals surface area contributed by atoms with Gasteiger partial charge < -0.3 is 30.2 Å². The van der Waals surface area contributed by atoms with E-state index < -0.39 is 6.29 Å². The van der Waals surface area contributed by atoms with Gasteiger partial charge in [0, 0.05) is 44.2 Å². The second-order valence-electron chi connectivity index (χ2n) is 12.2. The number of fused-ring (bicyclic) bond motifs is 1. The number of H-pyrrole nitrogens is 1. The molecule has 3 heterocycles. The third-order valence-electron chi connectivity index (χ3n) is 9.28. The molecule has 232 valence electrons. The molecule has 2 saturated heterocycles. The molecule has 0 saturated carbocycles. The molecule has 5 aromatic rings. The number of rotatable bonds is 8. The Hall–Kier alpha value is -4.05. The van der Waals surface area contributed by atoms with Crippen molar-refractivity contribution in [2.24, 2.45) is 5.73 Å². The molecule has 0 amide bonds. The Morgan fingerprint density at radius 3 is 2.36 bits per heavy atom.